The molecular weight excluding hydrogens is 570 g/mol. The van der Waals surface area contributed by atoms with E-state index in [1.54, 1.807) is 53.4 Å². The van der Waals surface area contributed by atoms with Gasteiger partial charge in [-0.2, -0.15) is 0 Å². The van der Waals surface area contributed by atoms with E-state index in [1.807, 2.05) is 85.8 Å². The van der Waals surface area contributed by atoms with Gasteiger partial charge in [0.25, 0.3) is 11.8 Å². The second-order valence-corrected chi connectivity index (χ2v) is 11.0. The first kappa shape index (κ1) is 30.1. The van der Waals surface area contributed by atoms with Crippen LogP contribution in [-0.4, -0.2) is 23.0 Å². The number of hydrogen-bond donors (Lipinski definition) is 2. The maximum atomic E-state index is 13.9. The van der Waals surface area contributed by atoms with Gasteiger partial charge in [0.2, 0.25) is 5.91 Å². The number of nitrogens with zero attached hydrogens (tertiary/aromatic N) is 1. The Labute approximate surface area is 260 Å². The standard InChI is InChI=1S/C36H31N3O4S/c1-2-33(36(42)39(28-15-8-4-9-16-28)29-17-10-5-11-18-29)44-31-22-20-27(21-23-31)37-35(41)32(25-30-19-12-24-43-30)38-34(40)26-13-6-3-7-14-26/h3-25,33H,2H2,1H3,(H,37,41)(H,38,40)/b32-25-. The highest BCUT2D eigenvalue weighted by Gasteiger charge is 2.26. The Morgan fingerprint density at radius 3 is 1.91 bits per heavy atom. The van der Waals surface area contributed by atoms with E-state index in [1.165, 1.54) is 24.1 Å². The summed E-state index contributed by atoms with van der Waals surface area (Å²) in [4.78, 5) is 42.6. The smallest absolute Gasteiger partial charge is 0.272 e. The van der Waals surface area contributed by atoms with Gasteiger partial charge in [-0.15, -0.1) is 11.8 Å². The molecule has 220 valence electrons. The minimum absolute atomic E-state index is 0.0193. The molecular formula is C36H31N3O4S. The zero-order chi connectivity index (χ0) is 30.7. The van der Waals surface area contributed by atoms with Crippen molar-refractivity contribution in [2.45, 2.75) is 23.5 Å². The summed E-state index contributed by atoms with van der Waals surface area (Å²) in [6.45, 7) is 1.99. The number of amides is 3. The molecule has 44 heavy (non-hydrogen) atoms. The van der Waals surface area contributed by atoms with Gasteiger partial charge in [0.15, 0.2) is 0 Å². The fourth-order valence-corrected chi connectivity index (χ4v) is 5.44. The van der Waals surface area contributed by atoms with Crippen molar-refractivity contribution in [3.63, 3.8) is 0 Å². The lowest BCUT2D eigenvalue weighted by molar-refractivity contribution is -0.117. The van der Waals surface area contributed by atoms with Gasteiger partial charge in [0.05, 0.1) is 11.5 Å². The third-order valence-corrected chi connectivity index (χ3v) is 8.01. The summed E-state index contributed by atoms with van der Waals surface area (Å²) in [6, 6.07) is 38.6. The van der Waals surface area contributed by atoms with Gasteiger partial charge in [-0.05, 0) is 79.2 Å². The summed E-state index contributed by atoms with van der Waals surface area (Å²) in [7, 11) is 0. The fourth-order valence-electron chi connectivity index (χ4n) is 4.45. The number of benzene rings is 4. The monoisotopic (exact) mass is 601 g/mol. The van der Waals surface area contributed by atoms with Crippen molar-refractivity contribution in [3.05, 3.63) is 151 Å². The van der Waals surface area contributed by atoms with Crippen molar-refractivity contribution in [2.75, 3.05) is 10.2 Å². The lowest BCUT2D eigenvalue weighted by Gasteiger charge is -2.27. The summed E-state index contributed by atoms with van der Waals surface area (Å²) < 4.78 is 5.37. The number of rotatable bonds is 11. The van der Waals surface area contributed by atoms with E-state index in [9.17, 15) is 14.4 Å². The van der Waals surface area contributed by atoms with Crippen molar-refractivity contribution in [1.82, 2.24) is 5.32 Å². The van der Waals surface area contributed by atoms with Crippen molar-refractivity contribution >= 4 is 52.6 Å². The van der Waals surface area contributed by atoms with Crippen LogP contribution in [0.3, 0.4) is 0 Å². The van der Waals surface area contributed by atoms with E-state index in [2.05, 4.69) is 10.6 Å². The largest absolute Gasteiger partial charge is 0.465 e. The first-order valence-electron chi connectivity index (χ1n) is 14.2. The van der Waals surface area contributed by atoms with E-state index in [0.717, 1.165) is 16.3 Å². The summed E-state index contributed by atoms with van der Waals surface area (Å²) in [5, 5.41) is 5.19. The number of anilines is 3. The third kappa shape index (κ3) is 7.73. The molecule has 0 saturated carbocycles. The van der Waals surface area contributed by atoms with E-state index in [0.29, 0.717) is 23.4 Å². The van der Waals surface area contributed by atoms with Crippen LogP contribution in [0.25, 0.3) is 6.08 Å². The molecule has 0 aliphatic carbocycles. The maximum Gasteiger partial charge on any atom is 0.272 e. The molecule has 1 unspecified atom stereocenters. The average molecular weight is 602 g/mol. The van der Waals surface area contributed by atoms with E-state index >= 15 is 0 Å². The minimum Gasteiger partial charge on any atom is -0.465 e. The number of para-hydroxylation sites is 2. The Kier molecular flexibility index (Phi) is 10.1. The predicted octanol–water partition coefficient (Wildman–Crippen LogP) is 7.92. The van der Waals surface area contributed by atoms with Crippen molar-refractivity contribution in [1.29, 1.82) is 0 Å². The molecule has 5 aromatic rings. The summed E-state index contributed by atoms with van der Waals surface area (Å²) in [6.07, 6.45) is 3.59. The van der Waals surface area contributed by atoms with Crippen LogP contribution in [0, 0.1) is 0 Å². The summed E-state index contributed by atoms with van der Waals surface area (Å²) >= 11 is 1.47. The number of nitrogens with one attached hydrogen (secondary N) is 2. The van der Waals surface area contributed by atoms with Crippen LogP contribution < -0.4 is 15.5 Å². The molecule has 0 bridgehead atoms. The first-order valence-corrected chi connectivity index (χ1v) is 15.0. The van der Waals surface area contributed by atoms with Crippen LogP contribution >= 0.6 is 11.8 Å². The average Bonchev–Trinajstić information content (AvgIpc) is 3.59. The Morgan fingerprint density at radius 1 is 0.773 bits per heavy atom. The summed E-state index contributed by atoms with van der Waals surface area (Å²) in [5.74, 6) is -0.519. The van der Waals surface area contributed by atoms with Gasteiger partial charge in [-0.25, -0.2) is 0 Å². The zero-order valence-electron chi connectivity index (χ0n) is 24.1. The lowest BCUT2D eigenvalue weighted by Crippen LogP contribution is -2.34. The first-order chi connectivity index (χ1) is 21.5. The summed E-state index contributed by atoms with van der Waals surface area (Å²) in [5.41, 5.74) is 2.60. The van der Waals surface area contributed by atoms with Crippen LogP contribution in [0.2, 0.25) is 0 Å². The molecule has 2 N–H and O–H groups in total. The molecule has 0 saturated heterocycles. The highest BCUT2D eigenvalue weighted by molar-refractivity contribution is 8.00. The van der Waals surface area contributed by atoms with Crippen LogP contribution in [0.1, 0.15) is 29.5 Å². The lowest BCUT2D eigenvalue weighted by atomic mass is 10.2. The number of carbonyl (C=O) groups excluding carboxylic acids is 3. The topological polar surface area (TPSA) is 91.6 Å². The number of hydrogen-bond acceptors (Lipinski definition) is 5. The highest BCUT2D eigenvalue weighted by Crippen LogP contribution is 2.33. The molecule has 1 atom stereocenters. The van der Waals surface area contributed by atoms with Crippen LogP contribution in [-0.2, 0) is 9.59 Å². The van der Waals surface area contributed by atoms with E-state index < -0.39 is 11.8 Å². The van der Waals surface area contributed by atoms with E-state index in [-0.39, 0.29) is 16.9 Å². The van der Waals surface area contributed by atoms with Crippen LogP contribution in [0.5, 0.6) is 0 Å². The Bertz CT molecular complexity index is 1670. The molecule has 1 heterocycles. The van der Waals surface area contributed by atoms with Crippen LogP contribution in [0.4, 0.5) is 17.1 Å². The second-order valence-electron chi connectivity index (χ2n) is 9.73. The van der Waals surface area contributed by atoms with Gasteiger partial charge >= 0.3 is 0 Å². The molecule has 0 aliphatic rings. The maximum absolute atomic E-state index is 13.9. The van der Waals surface area contributed by atoms with Gasteiger partial charge in [0, 0.05) is 33.6 Å². The molecule has 1 aromatic heterocycles. The molecule has 7 nitrogen and oxygen atoms in total. The Hall–Kier alpha value is -5.34. The van der Waals surface area contributed by atoms with Crippen molar-refractivity contribution in [2.24, 2.45) is 0 Å². The van der Waals surface area contributed by atoms with Crippen molar-refractivity contribution in [3.8, 4) is 0 Å². The molecule has 3 amide bonds. The minimum atomic E-state index is -0.505. The van der Waals surface area contributed by atoms with Gasteiger partial charge in [-0.3, -0.25) is 19.3 Å². The highest BCUT2D eigenvalue weighted by atomic mass is 32.2. The normalized spacial score (nSPS) is 11.8. The third-order valence-electron chi connectivity index (χ3n) is 6.64. The number of furan rings is 1. The quantitative estimate of drug-likeness (QED) is 0.119. The fraction of sp³-hybridized carbons (Fsp3) is 0.0833. The van der Waals surface area contributed by atoms with Gasteiger partial charge < -0.3 is 15.1 Å². The molecule has 0 spiro atoms. The molecule has 5 rings (SSSR count). The predicted molar refractivity (Wildman–Crippen MR) is 176 cm³/mol. The van der Waals surface area contributed by atoms with Gasteiger partial charge in [-0.1, -0.05) is 61.5 Å². The van der Waals surface area contributed by atoms with Crippen molar-refractivity contribution < 1.29 is 18.8 Å². The number of carbonyl (C=O) groups is 3. The van der Waals surface area contributed by atoms with E-state index in [4.69, 9.17) is 4.42 Å². The molecule has 0 fully saturated rings. The molecule has 0 radical (unpaired) electrons. The molecule has 0 aliphatic heterocycles. The molecule has 4 aromatic carbocycles. The number of thioether (sulfide) groups is 1. The van der Waals surface area contributed by atoms with Gasteiger partial charge in [0.1, 0.15) is 11.5 Å². The zero-order valence-corrected chi connectivity index (χ0v) is 24.9. The van der Waals surface area contributed by atoms with Crippen LogP contribution in [0.15, 0.2) is 149 Å². The SMILES string of the molecule is CCC(Sc1ccc(NC(=O)/C(=C/c2ccco2)NC(=O)c2ccccc2)cc1)C(=O)N(c1ccccc1)c1ccccc1. The Morgan fingerprint density at radius 2 is 1.36 bits per heavy atom. The molecule has 8 heteroatoms. The Balaban J connectivity index is 1.29. The second kappa shape index (κ2) is 14.7.